The number of hydrogen-bond acceptors (Lipinski definition) is 3. The minimum Gasteiger partial charge on any atom is -0.394 e. The van der Waals surface area contributed by atoms with E-state index in [9.17, 15) is 0 Å². The van der Waals surface area contributed by atoms with Gasteiger partial charge in [0.05, 0.1) is 12.6 Å². The van der Waals surface area contributed by atoms with Crippen LogP contribution in [0.25, 0.3) is 0 Å². The Kier molecular flexibility index (Phi) is 4.77. The van der Waals surface area contributed by atoms with Crippen LogP contribution in [0, 0.1) is 6.92 Å². The van der Waals surface area contributed by atoms with Crippen LogP contribution < -0.4 is 10.6 Å². The number of hydrogen-bond donors (Lipinski definition) is 2. The van der Waals surface area contributed by atoms with Gasteiger partial charge in [-0.1, -0.05) is 6.07 Å². The first-order valence-corrected chi connectivity index (χ1v) is 5.85. The lowest BCUT2D eigenvalue weighted by molar-refractivity contribution is 0.267. The molecule has 3 N–H and O–H groups in total. The highest BCUT2D eigenvalue weighted by atomic mass is 16.3. The van der Waals surface area contributed by atoms with Gasteiger partial charge in [-0.25, -0.2) is 0 Å². The Morgan fingerprint density at radius 3 is 2.38 bits per heavy atom. The zero-order chi connectivity index (χ0) is 12.1. The Morgan fingerprint density at radius 2 is 1.94 bits per heavy atom. The fourth-order valence-electron chi connectivity index (χ4n) is 1.96. The van der Waals surface area contributed by atoms with Gasteiger partial charge in [-0.3, -0.25) is 0 Å². The van der Waals surface area contributed by atoms with Gasteiger partial charge in [0, 0.05) is 18.8 Å². The zero-order valence-corrected chi connectivity index (χ0v) is 10.4. The third kappa shape index (κ3) is 2.74. The van der Waals surface area contributed by atoms with Crippen LogP contribution in [0.15, 0.2) is 18.2 Å². The van der Waals surface area contributed by atoms with Crippen LogP contribution >= 0.6 is 0 Å². The van der Waals surface area contributed by atoms with Crippen molar-refractivity contribution in [2.75, 3.05) is 24.6 Å². The van der Waals surface area contributed by atoms with Crippen LogP contribution in [0.4, 0.5) is 5.69 Å². The van der Waals surface area contributed by atoms with E-state index in [4.69, 9.17) is 10.8 Å². The summed E-state index contributed by atoms with van der Waals surface area (Å²) in [5.74, 6) is 0. The minimum atomic E-state index is -0.272. The lowest BCUT2D eigenvalue weighted by Gasteiger charge is -2.23. The first-order valence-electron chi connectivity index (χ1n) is 5.85. The van der Waals surface area contributed by atoms with Gasteiger partial charge >= 0.3 is 0 Å². The van der Waals surface area contributed by atoms with Crippen molar-refractivity contribution in [3.8, 4) is 0 Å². The van der Waals surface area contributed by atoms with Crippen molar-refractivity contribution in [3.05, 3.63) is 29.3 Å². The molecule has 3 nitrogen and oxygen atoms in total. The maximum atomic E-state index is 9.05. The Bertz CT molecular complexity index is 335. The number of rotatable bonds is 5. The monoisotopic (exact) mass is 222 g/mol. The van der Waals surface area contributed by atoms with Gasteiger partial charge in [0.15, 0.2) is 0 Å². The van der Waals surface area contributed by atoms with E-state index < -0.39 is 0 Å². The quantitative estimate of drug-likeness (QED) is 0.799. The van der Waals surface area contributed by atoms with Crippen LogP contribution in [0.2, 0.25) is 0 Å². The van der Waals surface area contributed by atoms with Crippen LogP contribution in [0.1, 0.15) is 31.0 Å². The molecule has 1 aromatic carbocycles. The minimum absolute atomic E-state index is 0.00848. The molecule has 0 aliphatic heterocycles. The molecule has 0 aliphatic carbocycles. The van der Waals surface area contributed by atoms with Gasteiger partial charge in [-0.05, 0) is 44.0 Å². The number of aliphatic hydroxyl groups excluding tert-OH is 1. The Balaban J connectivity index is 2.98. The summed E-state index contributed by atoms with van der Waals surface area (Å²) in [6, 6.07) is 5.96. The molecular formula is C13H22N2O. The first-order chi connectivity index (χ1) is 7.63. The van der Waals surface area contributed by atoms with Gasteiger partial charge in [-0.2, -0.15) is 0 Å². The lowest BCUT2D eigenvalue weighted by Crippen LogP contribution is -2.22. The van der Waals surface area contributed by atoms with E-state index in [1.165, 1.54) is 5.69 Å². The third-order valence-corrected chi connectivity index (χ3v) is 2.98. The second kappa shape index (κ2) is 5.87. The van der Waals surface area contributed by atoms with Crippen LogP contribution in [0.5, 0.6) is 0 Å². The molecule has 1 atom stereocenters. The molecule has 0 saturated carbocycles. The van der Waals surface area contributed by atoms with E-state index in [1.54, 1.807) is 0 Å². The van der Waals surface area contributed by atoms with E-state index in [2.05, 4.69) is 30.9 Å². The van der Waals surface area contributed by atoms with Crippen LogP contribution in [-0.4, -0.2) is 24.8 Å². The number of aliphatic hydroxyl groups is 1. The molecule has 0 saturated heterocycles. The van der Waals surface area contributed by atoms with E-state index in [0.29, 0.717) is 0 Å². The Labute approximate surface area is 97.9 Å². The van der Waals surface area contributed by atoms with Crippen molar-refractivity contribution in [3.63, 3.8) is 0 Å². The summed E-state index contributed by atoms with van der Waals surface area (Å²) >= 11 is 0. The summed E-state index contributed by atoms with van der Waals surface area (Å²) in [4.78, 5) is 2.29. The van der Waals surface area contributed by atoms with Crippen molar-refractivity contribution in [1.29, 1.82) is 0 Å². The maximum Gasteiger partial charge on any atom is 0.0624 e. The molecule has 1 rings (SSSR count). The van der Waals surface area contributed by atoms with Crippen molar-refractivity contribution < 1.29 is 5.11 Å². The summed E-state index contributed by atoms with van der Waals surface area (Å²) in [5.41, 5.74) is 9.21. The molecule has 0 aliphatic rings. The predicted molar refractivity (Wildman–Crippen MR) is 68.8 cm³/mol. The van der Waals surface area contributed by atoms with Crippen molar-refractivity contribution >= 4 is 5.69 Å². The number of anilines is 1. The molecule has 0 unspecified atom stereocenters. The Hall–Kier alpha value is -1.06. The van der Waals surface area contributed by atoms with Crippen molar-refractivity contribution in [1.82, 2.24) is 0 Å². The highest BCUT2D eigenvalue weighted by Crippen LogP contribution is 2.22. The predicted octanol–water partition coefficient (Wildman–Crippen LogP) is 1.83. The third-order valence-electron chi connectivity index (χ3n) is 2.98. The highest BCUT2D eigenvalue weighted by Gasteiger charge is 2.09. The molecule has 0 fully saturated rings. The molecule has 0 aromatic heterocycles. The molecule has 90 valence electrons. The van der Waals surface area contributed by atoms with Gasteiger partial charge in [0.2, 0.25) is 0 Å². The van der Waals surface area contributed by atoms with Crippen LogP contribution in [0.3, 0.4) is 0 Å². The summed E-state index contributed by atoms with van der Waals surface area (Å²) < 4.78 is 0. The fraction of sp³-hybridized carbons (Fsp3) is 0.538. The lowest BCUT2D eigenvalue weighted by atomic mass is 10.0. The topological polar surface area (TPSA) is 49.5 Å². The molecule has 3 heteroatoms. The number of nitrogens with zero attached hydrogens (tertiary/aromatic N) is 1. The summed E-state index contributed by atoms with van der Waals surface area (Å²) in [5, 5.41) is 9.05. The Morgan fingerprint density at radius 1 is 1.31 bits per heavy atom. The largest absolute Gasteiger partial charge is 0.394 e. The zero-order valence-electron chi connectivity index (χ0n) is 10.4. The molecule has 0 heterocycles. The van der Waals surface area contributed by atoms with Gasteiger partial charge in [0.1, 0.15) is 0 Å². The fourth-order valence-corrected chi connectivity index (χ4v) is 1.96. The van der Waals surface area contributed by atoms with E-state index in [0.717, 1.165) is 24.2 Å². The van der Waals surface area contributed by atoms with Crippen molar-refractivity contribution in [2.45, 2.75) is 26.8 Å². The summed E-state index contributed by atoms with van der Waals surface area (Å²) in [6.07, 6.45) is 0. The number of benzene rings is 1. The number of nitrogens with two attached hydrogens (primary N) is 1. The first kappa shape index (κ1) is 13.0. The van der Waals surface area contributed by atoms with Crippen LogP contribution in [-0.2, 0) is 0 Å². The normalized spacial score (nSPS) is 12.6. The standard InChI is InChI=1S/C13H22N2O/c1-4-15(5-2)11-6-7-12(10(3)8-11)13(14)9-16/h6-8,13,16H,4-5,9,14H2,1-3H3/t13-/m0/s1. The van der Waals surface area contributed by atoms with E-state index in [-0.39, 0.29) is 12.6 Å². The molecule has 1 aromatic rings. The molecule has 0 spiro atoms. The van der Waals surface area contributed by atoms with Gasteiger partial charge < -0.3 is 15.7 Å². The number of aryl methyl sites for hydroxylation is 1. The van der Waals surface area contributed by atoms with E-state index in [1.807, 2.05) is 13.0 Å². The molecule has 0 bridgehead atoms. The van der Waals surface area contributed by atoms with E-state index >= 15 is 0 Å². The SMILES string of the molecule is CCN(CC)c1ccc([C@@H](N)CO)c(C)c1. The van der Waals surface area contributed by atoms with Gasteiger partial charge in [0.25, 0.3) is 0 Å². The van der Waals surface area contributed by atoms with Gasteiger partial charge in [-0.15, -0.1) is 0 Å². The molecule has 0 radical (unpaired) electrons. The molecular weight excluding hydrogens is 200 g/mol. The highest BCUT2D eigenvalue weighted by molar-refractivity contribution is 5.51. The summed E-state index contributed by atoms with van der Waals surface area (Å²) in [7, 11) is 0. The maximum absolute atomic E-state index is 9.05. The average Bonchev–Trinajstić information content (AvgIpc) is 2.30. The smallest absolute Gasteiger partial charge is 0.0624 e. The average molecular weight is 222 g/mol. The van der Waals surface area contributed by atoms with Crippen molar-refractivity contribution in [2.24, 2.45) is 5.73 Å². The molecule has 0 amide bonds. The summed E-state index contributed by atoms with van der Waals surface area (Å²) in [6.45, 7) is 8.32. The second-order valence-electron chi connectivity index (χ2n) is 4.00. The second-order valence-corrected chi connectivity index (χ2v) is 4.00. The molecule has 16 heavy (non-hydrogen) atoms.